The third-order valence-electron chi connectivity index (χ3n) is 5.47. The van der Waals surface area contributed by atoms with Gasteiger partial charge >= 0.3 is 0 Å². The predicted octanol–water partition coefficient (Wildman–Crippen LogP) is 3.92. The van der Waals surface area contributed by atoms with Gasteiger partial charge in [-0.05, 0) is 56.7 Å². The molecular weight excluding hydrogens is 372 g/mol. The minimum Gasteiger partial charge on any atom is -0.336 e. The number of carbonyl (C=O) groups excluding carboxylic acids is 1. The molecule has 0 aromatic heterocycles. The summed E-state index contributed by atoms with van der Waals surface area (Å²) in [5.41, 5.74) is 0.408. The van der Waals surface area contributed by atoms with Crippen LogP contribution in [0.3, 0.4) is 0 Å². The fourth-order valence-corrected chi connectivity index (χ4v) is 5.95. The standard InChI is InChI=1S/C19H27ClN2O3S/c1-2-16-8-4-7-13-22(16)19(23)15-9-10-17(20)18(14-15)26(24,25)21-11-5-3-6-12-21/h9-10,14,16H,2-8,11-13H2,1H3. The van der Waals surface area contributed by atoms with Crippen molar-refractivity contribution < 1.29 is 13.2 Å². The summed E-state index contributed by atoms with van der Waals surface area (Å²) in [6.07, 6.45) is 6.83. The van der Waals surface area contributed by atoms with Gasteiger partial charge in [-0.2, -0.15) is 4.31 Å². The van der Waals surface area contributed by atoms with E-state index in [1.54, 1.807) is 6.07 Å². The molecule has 1 amide bonds. The monoisotopic (exact) mass is 398 g/mol. The summed E-state index contributed by atoms with van der Waals surface area (Å²) in [5, 5.41) is 0.179. The first-order chi connectivity index (χ1) is 12.4. The molecule has 0 aliphatic carbocycles. The van der Waals surface area contributed by atoms with Crippen LogP contribution >= 0.6 is 11.6 Å². The van der Waals surface area contributed by atoms with Crippen LogP contribution in [0.15, 0.2) is 23.1 Å². The van der Waals surface area contributed by atoms with Crippen LogP contribution in [0.25, 0.3) is 0 Å². The minimum absolute atomic E-state index is 0.0528. The molecule has 1 unspecified atom stereocenters. The van der Waals surface area contributed by atoms with Crippen LogP contribution in [0.2, 0.25) is 5.02 Å². The van der Waals surface area contributed by atoms with Gasteiger partial charge in [-0.1, -0.05) is 24.9 Å². The summed E-state index contributed by atoms with van der Waals surface area (Å²) in [6.45, 7) is 3.85. The first-order valence-electron chi connectivity index (χ1n) is 9.56. The van der Waals surface area contributed by atoms with Crippen molar-refractivity contribution in [2.75, 3.05) is 19.6 Å². The van der Waals surface area contributed by atoms with Gasteiger partial charge in [-0.25, -0.2) is 8.42 Å². The van der Waals surface area contributed by atoms with Crippen LogP contribution in [0.4, 0.5) is 0 Å². The van der Waals surface area contributed by atoms with Crippen molar-refractivity contribution in [3.8, 4) is 0 Å². The molecule has 1 aromatic rings. The number of nitrogens with zero attached hydrogens (tertiary/aromatic N) is 2. The Labute approximate surface area is 161 Å². The molecule has 2 heterocycles. The summed E-state index contributed by atoms with van der Waals surface area (Å²) in [6, 6.07) is 4.88. The number of hydrogen-bond donors (Lipinski definition) is 0. The van der Waals surface area contributed by atoms with Crippen LogP contribution in [-0.2, 0) is 10.0 Å². The molecule has 0 N–H and O–H groups in total. The fourth-order valence-electron chi connectivity index (χ4n) is 3.94. The normalized spacial score (nSPS) is 22.4. The summed E-state index contributed by atoms with van der Waals surface area (Å²) in [4.78, 5) is 15.0. The maximum atomic E-state index is 13.0. The maximum absolute atomic E-state index is 13.0. The Morgan fingerprint density at radius 1 is 1.12 bits per heavy atom. The van der Waals surface area contributed by atoms with Crippen molar-refractivity contribution >= 4 is 27.5 Å². The molecule has 26 heavy (non-hydrogen) atoms. The van der Waals surface area contributed by atoms with Crippen LogP contribution < -0.4 is 0 Å². The van der Waals surface area contributed by atoms with Gasteiger partial charge in [-0.15, -0.1) is 0 Å². The summed E-state index contributed by atoms with van der Waals surface area (Å²) >= 11 is 6.22. The lowest BCUT2D eigenvalue weighted by Crippen LogP contribution is -2.43. The molecule has 5 nitrogen and oxygen atoms in total. The average molecular weight is 399 g/mol. The SMILES string of the molecule is CCC1CCCCN1C(=O)c1ccc(Cl)c(S(=O)(=O)N2CCCCC2)c1. The molecule has 0 spiro atoms. The second kappa shape index (κ2) is 8.28. The Balaban J connectivity index is 1.91. The highest BCUT2D eigenvalue weighted by Crippen LogP contribution is 2.29. The van der Waals surface area contributed by atoms with E-state index in [0.717, 1.165) is 51.5 Å². The summed E-state index contributed by atoms with van der Waals surface area (Å²) in [5.74, 6) is -0.0942. The number of rotatable bonds is 4. The van der Waals surface area contributed by atoms with Gasteiger partial charge in [0.1, 0.15) is 4.90 Å². The van der Waals surface area contributed by atoms with E-state index in [4.69, 9.17) is 11.6 Å². The van der Waals surface area contributed by atoms with E-state index in [9.17, 15) is 13.2 Å². The largest absolute Gasteiger partial charge is 0.336 e. The lowest BCUT2D eigenvalue weighted by atomic mass is 9.99. The Morgan fingerprint density at radius 3 is 2.50 bits per heavy atom. The number of amides is 1. The van der Waals surface area contributed by atoms with Crippen LogP contribution in [-0.4, -0.2) is 49.2 Å². The molecule has 2 fully saturated rings. The van der Waals surface area contributed by atoms with Gasteiger partial charge in [0.15, 0.2) is 0 Å². The zero-order valence-electron chi connectivity index (χ0n) is 15.3. The number of likely N-dealkylation sites (tertiary alicyclic amines) is 1. The Hall–Kier alpha value is -1.11. The van der Waals surface area contributed by atoms with Gasteiger partial charge < -0.3 is 4.90 Å². The lowest BCUT2D eigenvalue weighted by molar-refractivity contribution is 0.0608. The fraction of sp³-hybridized carbons (Fsp3) is 0.632. The second-order valence-electron chi connectivity index (χ2n) is 7.17. The van der Waals surface area contributed by atoms with Crippen LogP contribution in [0.5, 0.6) is 0 Å². The van der Waals surface area contributed by atoms with Gasteiger partial charge in [-0.3, -0.25) is 4.79 Å². The number of halogens is 1. The van der Waals surface area contributed by atoms with Crippen molar-refractivity contribution in [3.63, 3.8) is 0 Å². The lowest BCUT2D eigenvalue weighted by Gasteiger charge is -2.35. The molecule has 1 atom stereocenters. The molecule has 1 aromatic carbocycles. The van der Waals surface area contributed by atoms with E-state index in [1.807, 2.05) is 4.90 Å². The summed E-state index contributed by atoms with van der Waals surface area (Å²) in [7, 11) is -3.67. The quantitative estimate of drug-likeness (QED) is 0.772. The molecule has 2 aliphatic rings. The van der Waals surface area contributed by atoms with Crippen molar-refractivity contribution in [1.82, 2.24) is 9.21 Å². The predicted molar refractivity (Wildman–Crippen MR) is 103 cm³/mol. The van der Waals surface area contributed by atoms with Crippen LogP contribution in [0, 0.1) is 0 Å². The first kappa shape index (κ1) is 19.6. The molecule has 3 rings (SSSR count). The molecule has 0 saturated carbocycles. The van der Waals surface area contributed by atoms with Gasteiger partial charge in [0.05, 0.1) is 5.02 Å². The topological polar surface area (TPSA) is 57.7 Å². The summed E-state index contributed by atoms with van der Waals surface area (Å²) < 4.78 is 27.5. The second-order valence-corrected chi connectivity index (χ2v) is 9.48. The first-order valence-corrected chi connectivity index (χ1v) is 11.4. The van der Waals surface area contributed by atoms with E-state index in [2.05, 4.69) is 6.92 Å². The molecule has 7 heteroatoms. The molecule has 2 aliphatic heterocycles. The maximum Gasteiger partial charge on any atom is 0.254 e. The molecule has 144 valence electrons. The van der Waals surface area contributed by atoms with E-state index >= 15 is 0 Å². The molecule has 0 bridgehead atoms. The third kappa shape index (κ3) is 3.92. The number of sulfonamides is 1. The minimum atomic E-state index is -3.67. The third-order valence-corrected chi connectivity index (χ3v) is 7.85. The zero-order valence-corrected chi connectivity index (χ0v) is 16.9. The number of benzene rings is 1. The molecular formula is C19H27ClN2O3S. The highest BCUT2D eigenvalue weighted by Gasteiger charge is 2.31. The smallest absolute Gasteiger partial charge is 0.254 e. The Kier molecular flexibility index (Phi) is 6.25. The molecule has 0 radical (unpaired) electrons. The van der Waals surface area contributed by atoms with Gasteiger partial charge in [0.2, 0.25) is 10.0 Å². The number of piperidine rings is 2. The van der Waals surface area contributed by atoms with Gasteiger partial charge in [0, 0.05) is 31.2 Å². The molecule has 2 saturated heterocycles. The van der Waals surface area contributed by atoms with Gasteiger partial charge in [0.25, 0.3) is 5.91 Å². The number of carbonyl (C=O) groups is 1. The number of hydrogen-bond acceptors (Lipinski definition) is 3. The highest BCUT2D eigenvalue weighted by molar-refractivity contribution is 7.89. The van der Waals surface area contributed by atoms with E-state index in [1.165, 1.54) is 16.4 Å². The van der Waals surface area contributed by atoms with Crippen molar-refractivity contribution in [2.24, 2.45) is 0 Å². The highest BCUT2D eigenvalue weighted by atomic mass is 35.5. The van der Waals surface area contributed by atoms with E-state index in [0.29, 0.717) is 18.7 Å². The Morgan fingerprint density at radius 2 is 1.81 bits per heavy atom. The van der Waals surface area contributed by atoms with E-state index < -0.39 is 10.0 Å². The van der Waals surface area contributed by atoms with E-state index in [-0.39, 0.29) is 21.9 Å². The van der Waals surface area contributed by atoms with Crippen molar-refractivity contribution in [3.05, 3.63) is 28.8 Å². The van der Waals surface area contributed by atoms with Crippen molar-refractivity contribution in [2.45, 2.75) is 62.8 Å². The van der Waals surface area contributed by atoms with Crippen molar-refractivity contribution in [1.29, 1.82) is 0 Å². The Bertz CT molecular complexity index is 760. The zero-order chi connectivity index (χ0) is 18.7. The van der Waals surface area contributed by atoms with Crippen LogP contribution in [0.1, 0.15) is 62.2 Å². The average Bonchev–Trinajstić information content (AvgIpc) is 2.68.